The van der Waals surface area contributed by atoms with Gasteiger partial charge in [-0.15, -0.1) is 11.3 Å². The van der Waals surface area contributed by atoms with Gasteiger partial charge in [0.05, 0.1) is 20.4 Å². The van der Waals surface area contributed by atoms with Crippen LogP contribution in [0.2, 0.25) is 0 Å². The summed E-state index contributed by atoms with van der Waals surface area (Å²) in [6.07, 6.45) is 1.02. The van der Waals surface area contributed by atoms with Crippen molar-refractivity contribution in [1.29, 1.82) is 0 Å². The van der Waals surface area contributed by atoms with Crippen LogP contribution >= 0.6 is 23.1 Å². The van der Waals surface area contributed by atoms with Gasteiger partial charge in [0.15, 0.2) is 14.2 Å². The van der Waals surface area contributed by atoms with E-state index in [4.69, 9.17) is 0 Å². The molecule has 0 bridgehead atoms. The summed E-state index contributed by atoms with van der Waals surface area (Å²) in [5.41, 5.74) is 1.51. The third-order valence-corrected chi connectivity index (χ3v) is 6.42. The first-order valence-electron chi connectivity index (χ1n) is 7.02. The molecule has 25 heavy (non-hydrogen) atoms. The summed E-state index contributed by atoms with van der Waals surface area (Å²) >= 11 is 2.53. The maximum atomic E-state index is 11.6. The SMILES string of the molecule is CS(=O)(=O)c1ccc(Sc2nc(-c3ccccc3)cs2)c([N+](=O)[O-])c1. The van der Waals surface area contributed by atoms with Crippen molar-refractivity contribution in [2.75, 3.05) is 6.26 Å². The minimum atomic E-state index is -3.51. The van der Waals surface area contributed by atoms with Gasteiger partial charge in [-0.25, -0.2) is 13.4 Å². The van der Waals surface area contributed by atoms with E-state index in [9.17, 15) is 18.5 Å². The van der Waals surface area contributed by atoms with Crippen LogP contribution in [0.15, 0.2) is 68.0 Å². The molecule has 0 saturated carbocycles. The molecule has 0 aliphatic heterocycles. The van der Waals surface area contributed by atoms with Crippen LogP contribution in [0.25, 0.3) is 11.3 Å². The van der Waals surface area contributed by atoms with Crippen molar-refractivity contribution >= 4 is 38.6 Å². The van der Waals surface area contributed by atoms with Crippen molar-refractivity contribution in [3.63, 3.8) is 0 Å². The highest BCUT2D eigenvalue weighted by molar-refractivity contribution is 8.01. The third-order valence-electron chi connectivity index (χ3n) is 3.31. The van der Waals surface area contributed by atoms with E-state index in [1.54, 1.807) is 0 Å². The summed E-state index contributed by atoms with van der Waals surface area (Å²) in [6.45, 7) is 0. The van der Waals surface area contributed by atoms with E-state index in [-0.39, 0.29) is 10.6 Å². The molecule has 0 unspecified atom stereocenters. The molecule has 9 heteroatoms. The van der Waals surface area contributed by atoms with Crippen molar-refractivity contribution < 1.29 is 13.3 Å². The van der Waals surface area contributed by atoms with Crippen LogP contribution in [0.3, 0.4) is 0 Å². The van der Waals surface area contributed by atoms with Crippen molar-refractivity contribution in [3.8, 4) is 11.3 Å². The lowest BCUT2D eigenvalue weighted by atomic mass is 10.2. The number of nitro benzene ring substituents is 1. The van der Waals surface area contributed by atoms with E-state index in [1.165, 1.54) is 23.5 Å². The van der Waals surface area contributed by atoms with Crippen LogP contribution in [-0.4, -0.2) is 24.6 Å². The normalized spacial score (nSPS) is 11.4. The molecular formula is C16H12N2O4S3. The maximum absolute atomic E-state index is 11.6. The molecule has 0 saturated heterocycles. The average molecular weight is 392 g/mol. The second-order valence-electron chi connectivity index (χ2n) is 5.13. The second kappa shape index (κ2) is 6.95. The van der Waals surface area contributed by atoms with Crippen molar-refractivity contribution in [2.45, 2.75) is 14.1 Å². The van der Waals surface area contributed by atoms with Gasteiger partial charge in [-0.1, -0.05) is 42.1 Å². The molecule has 1 heterocycles. The van der Waals surface area contributed by atoms with E-state index >= 15 is 0 Å². The number of hydrogen-bond donors (Lipinski definition) is 0. The Hall–Kier alpha value is -2.23. The Balaban J connectivity index is 1.93. The van der Waals surface area contributed by atoms with Gasteiger partial charge in [-0.2, -0.15) is 0 Å². The van der Waals surface area contributed by atoms with E-state index < -0.39 is 14.8 Å². The minimum Gasteiger partial charge on any atom is -0.258 e. The number of benzene rings is 2. The average Bonchev–Trinajstić information content (AvgIpc) is 3.03. The number of nitro groups is 1. The lowest BCUT2D eigenvalue weighted by Crippen LogP contribution is -1.99. The molecule has 1 aromatic heterocycles. The molecule has 0 amide bonds. The van der Waals surface area contributed by atoms with Crippen molar-refractivity contribution in [2.24, 2.45) is 0 Å². The molecule has 0 atom stereocenters. The number of hydrogen-bond acceptors (Lipinski definition) is 7. The Morgan fingerprint density at radius 1 is 1.16 bits per heavy atom. The highest BCUT2D eigenvalue weighted by atomic mass is 32.2. The Labute approximate surface area is 152 Å². The van der Waals surface area contributed by atoms with Gasteiger partial charge in [0.1, 0.15) is 0 Å². The molecule has 0 aliphatic rings. The lowest BCUT2D eigenvalue weighted by Gasteiger charge is -2.03. The molecule has 6 nitrogen and oxygen atoms in total. The highest BCUT2D eigenvalue weighted by Gasteiger charge is 2.20. The molecule has 3 aromatic rings. The van der Waals surface area contributed by atoms with E-state index in [0.29, 0.717) is 9.24 Å². The Kier molecular flexibility index (Phi) is 4.89. The van der Waals surface area contributed by atoms with Gasteiger partial charge in [0, 0.05) is 23.3 Å². The predicted octanol–water partition coefficient (Wildman–Crippen LogP) is 4.27. The van der Waals surface area contributed by atoms with E-state index in [2.05, 4.69) is 4.98 Å². The highest BCUT2D eigenvalue weighted by Crippen LogP contribution is 2.38. The zero-order chi connectivity index (χ0) is 18.0. The van der Waals surface area contributed by atoms with Gasteiger partial charge in [-0.3, -0.25) is 10.1 Å². The van der Waals surface area contributed by atoms with Crippen LogP contribution in [0.5, 0.6) is 0 Å². The second-order valence-corrected chi connectivity index (χ2v) is 9.29. The Morgan fingerprint density at radius 3 is 2.52 bits per heavy atom. The number of aromatic nitrogens is 1. The molecular weight excluding hydrogens is 380 g/mol. The first-order valence-corrected chi connectivity index (χ1v) is 10.6. The molecule has 3 rings (SSSR count). The summed E-state index contributed by atoms with van der Waals surface area (Å²) in [5, 5.41) is 13.2. The van der Waals surface area contributed by atoms with E-state index in [0.717, 1.165) is 35.3 Å². The van der Waals surface area contributed by atoms with Crippen molar-refractivity contribution in [3.05, 3.63) is 64.0 Å². The van der Waals surface area contributed by atoms with Crippen LogP contribution < -0.4 is 0 Å². The molecule has 0 radical (unpaired) electrons. The Morgan fingerprint density at radius 2 is 1.88 bits per heavy atom. The fourth-order valence-corrected chi connectivity index (χ4v) is 4.60. The minimum absolute atomic E-state index is 0.0762. The zero-order valence-corrected chi connectivity index (χ0v) is 15.4. The fraction of sp³-hybridized carbons (Fsp3) is 0.0625. The van der Waals surface area contributed by atoms with Gasteiger partial charge >= 0.3 is 0 Å². The van der Waals surface area contributed by atoms with Crippen LogP contribution in [0.1, 0.15) is 0 Å². The Bertz CT molecular complexity index is 1030. The van der Waals surface area contributed by atoms with Gasteiger partial charge in [-0.05, 0) is 12.1 Å². The number of sulfone groups is 1. The van der Waals surface area contributed by atoms with Crippen LogP contribution in [-0.2, 0) is 9.84 Å². The summed E-state index contributed by atoms with van der Waals surface area (Å²) < 4.78 is 23.8. The smallest absolute Gasteiger partial charge is 0.258 e. The maximum Gasteiger partial charge on any atom is 0.284 e. The number of thiazole rings is 1. The summed E-state index contributed by atoms with van der Waals surface area (Å²) in [6, 6.07) is 13.5. The third kappa shape index (κ3) is 4.06. The molecule has 0 spiro atoms. The quantitative estimate of drug-likeness (QED) is 0.476. The molecule has 128 valence electrons. The largest absolute Gasteiger partial charge is 0.284 e. The first kappa shape index (κ1) is 17.6. The predicted molar refractivity (Wildman–Crippen MR) is 97.9 cm³/mol. The fourth-order valence-electron chi connectivity index (χ4n) is 2.10. The number of rotatable bonds is 5. The standard InChI is InChI=1S/C16H12N2O4S3/c1-25(21,22)12-7-8-15(14(9-12)18(19)20)24-16-17-13(10-23-16)11-5-3-2-4-6-11/h2-10H,1H3. The zero-order valence-electron chi connectivity index (χ0n) is 12.9. The molecule has 0 fully saturated rings. The van der Waals surface area contributed by atoms with Gasteiger partial charge < -0.3 is 0 Å². The number of nitrogens with zero attached hydrogens (tertiary/aromatic N) is 2. The molecule has 0 aliphatic carbocycles. The molecule has 0 N–H and O–H groups in total. The van der Waals surface area contributed by atoms with Gasteiger partial charge in [0.25, 0.3) is 5.69 Å². The van der Waals surface area contributed by atoms with Crippen LogP contribution in [0, 0.1) is 10.1 Å². The van der Waals surface area contributed by atoms with Crippen LogP contribution in [0.4, 0.5) is 5.69 Å². The van der Waals surface area contributed by atoms with Gasteiger partial charge in [0.2, 0.25) is 0 Å². The summed E-state index contributed by atoms with van der Waals surface area (Å²) in [7, 11) is -3.51. The summed E-state index contributed by atoms with van der Waals surface area (Å²) in [4.78, 5) is 15.5. The topological polar surface area (TPSA) is 90.2 Å². The van der Waals surface area contributed by atoms with E-state index in [1.807, 2.05) is 35.7 Å². The first-order chi connectivity index (χ1) is 11.8. The lowest BCUT2D eigenvalue weighted by molar-refractivity contribution is -0.388. The monoisotopic (exact) mass is 392 g/mol. The molecule has 2 aromatic carbocycles. The van der Waals surface area contributed by atoms with Crippen molar-refractivity contribution in [1.82, 2.24) is 4.98 Å². The summed E-state index contributed by atoms with van der Waals surface area (Å²) in [5.74, 6) is 0.